The second-order valence-electron chi connectivity index (χ2n) is 3.14. The normalized spacial score (nSPS) is 24.5. The monoisotopic (exact) mass is 248 g/mol. The van der Waals surface area contributed by atoms with E-state index in [0.29, 0.717) is 5.56 Å². The highest BCUT2D eigenvalue weighted by Crippen LogP contribution is 2.42. The van der Waals surface area contributed by atoms with Crippen LogP contribution in [0.25, 0.3) is 0 Å². The molecule has 0 amide bonds. The van der Waals surface area contributed by atoms with E-state index in [1.165, 1.54) is 6.07 Å². The summed E-state index contributed by atoms with van der Waals surface area (Å²) in [5, 5.41) is 9.10. The van der Waals surface area contributed by atoms with E-state index in [0.717, 1.165) is 4.47 Å². The first-order chi connectivity index (χ1) is 6.01. The molecule has 1 atom stereocenters. The minimum atomic E-state index is -3.09. The molecule has 2 rings (SSSR count). The van der Waals surface area contributed by atoms with Gasteiger partial charge in [0.2, 0.25) is 0 Å². The molecule has 1 N–H and O–H groups in total. The van der Waals surface area contributed by atoms with E-state index in [9.17, 15) is 8.78 Å². The van der Waals surface area contributed by atoms with Crippen LogP contribution < -0.4 is 0 Å². The summed E-state index contributed by atoms with van der Waals surface area (Å²) in [6.07, 6.45) is -1.54. The summed E-state index contributed by atoms with van der Waals surface area (Å²) in [6.45, 7) is 0. The fourth-order valence-corrected chi connectivity index (χ4v) is 1.98. The van der Waals surface area contributed by atoms with Crippen LogP contribution in [0.3, 0.4) is 0 Å². The Bertz CT molecular complexity index is 351. The van der Waals surface area contributed by atoms with Crippen LogP contribution in [0.15, 0.2) is 22.7 Å². The molecule has 0 heterocycles. The Labute approximate surface area is 82.5 Å². The van der Waals surface area contributed by atoms with Crippen molar-refractivity contribution < 1.29 is 13.9 Å². The maximum Gasteiger partial charge on any atom is 0.299 e. The van der Waals surface area contributed by atoms with Crippen molar-refractivity contribution in [2.45, 2.75) is 18.4 Å². The van der Waals surface area contributed by atoms with Crippen molar-refractivity contribution in [1.82, 2.24) is 0 Å². The zero-order chi connectivity index (χ0) is 9.64. The largest absolute Gasteiger partial charge is 0.386 e. The predicted octanol–water partition coefficient (Wildman–Crippen LogP) is 2.46. The third kappa shape index (κ3) is 1.28. The molecule has 4 heteroatoms. The summed E-state index contributed by atoms with van der Waals surface area (Å²) in [5.74, 6) is -3.09. The standard InChI is InChI=1S/C9H7BrF2O/c10-6-1-2-7-5(3-6)4-8(13)9(7,11)12/h1-3,8,13H,4H2. The molecule has 0 radical (unpaired) electrons. The van der Waals surface area contributed by atoms with Crippen LogP contribution in [0.4, 0.5) is 8.78 Å². The highest BCUT2D eigenvalue weighted by Gasteiger charge is 2.47. The number of rotatable bonds is 0. The predicted molar refractivity (Wildman–Crippen MR) is 47.7 cm³/mol. The van der Waals surface area contributed by atoms with Crippen molar-refractivity contribution in [1.29, 1.82) is 0 Å². The molecule has 0 spiro atoms. The first-order valence-electron chi connectivity index (χ1n) is 3.86. The quantitative estimate of drug-likeness (QED) is 0.748. The fraction of sp³-hybridized carbons (Fsp3) is 0.333. The highest BCUT2D eigenvalue weighted by molar-refractivity contribution is 9.10. The number of hydrogen-bond acceptors (Lipinski definition) is 1. The molecule has 0 bridgehead atoms. The van der Waals surface area contributed by atoms with Crippen molar-refractivity contribution in [2.75, 3.05) is 0 Å². The topological polar surface area (TPSA) is 20.2 Å². The van der Waals surface area contributed by atoms with Gasteiger partial charge in [-0.1, -0.05) is 22.0 Å². The Kier molecular flexibility index (Phi) is 1.92. The van der Waals surface area contributed by atoms with E-state index in [4.69, 9.17) is 5.11 Å². The molecule has 1 aromatic carbocycles. The van der Waals surface area contributed by atoms with Gasteiger partial charge in [-0.3, -0.25) is 0 Å². The Morgan fingerprint density at radius 3 is 2.85 bits per heavy atom. The zero-order valence-corrected chi connectivity index (χ0v) is 8.18. The van der Waals surface area contributed by atoms with E-state index in [2.05, 4.69) is 15.9 Å². The maximum absolute atomic E-state index is 13.2. The Hall–Kier alpha value is -0.480. The summed E-state index contributed by atoms with van der Waals surface area (Å²) >= 11 is 3.20. The third-order valence-electron chi connectivity index (χ3n) is 2.26. The summed E-state index contributed by atoms with van der Waals surface area (Å²) in [4.78, 5) is 0. The van der Waals surface area contributed by atoms with Crippen molar-refractivity contribution in [3.05, 3.63) is 33.8 Å². The lowest BCUT2D eigenvalue weighted by Gasteiger charge is -2.14. The number of halogens is 3. The van der Waals surface area contributed by atoms with Gasteiger partial charge >= 0.3 is 0 Å². The summed E-state index contributed by atoms with van der Waals surface area (Å²) < 4.78 is 27.2. The van der Waals surface area contributed by atoms with E-state index in [-0.39, 0.29) is 12.0 Å². The number of alkyl halides is 2. The van der Waals surface area contributed by atoms with Gasteiger partial charge in [0.05, 0.1) is 0 Å². The molecular formula is C9H7BrF2O. The fourth-order valence-electron chi connectivity index (χ4n) is 1.57. The summed E-state index contributed by atoms with van der Waals surface area (Å²) in [6, 6.07) is 4.54. The summed E-state index contributed by atoms with van der Waals surface area (Å²) in [7, 11) is 0. The van der Waals surface area contributed by atoms with E-state index >= 15 is 0 Å². The van der Waals surface area contributed by atoms with Gasteiger partial charge in [-0.15, -0.1) is 0 Å². The minimum Gasteiger partial charge on any atom is -0.386 e. The van der Waals surface area contributed by atoms with Crippen molar-refractivity contribution in [3.8, 4) is 0 Å². The van der Waals surface area contributed by atoms with Crippen molar-refractivity contribution in [2.24, 2.45) is 0 Å². The first kappa shape index (κ1) is 9.09. The van der Waals surface area contributed by atoms with Crippen molar-refractivity contribution in [3.63, 3.8) is 0 Å². The van der Waals surface area contributed by atoms with Crippen molar-refractivity contribution >= 4 is 15.9 Å². The molecule has 1 aliphatic rings. The molecule has 70 valence electrons. The van der Waals surface area contributed by atoms with Gasteiger partial charge in [-0.25, -0.2) is 0 Å². The average molecular weight is 249 g/mol. The van der Waals surface area contributed by atoms with Crippen LogP contribution >= 0.6 is 15.9 Å². The molecule has 0 fully saturated rings. The molecule has 13 heavy (non-hydrogen) atoms. The van der Waals surface area contributed by atoms with Gasteiger partial charge in [-0.05, 0) is 17.7 Å². The minimum absolute atomic E-state index is 0.0295. The highest BCUT2D eigenvalue weighted by atomic mass is 79.9. The van der Waals surface area contributed by atoms with Gasteiger partial charge in [0, 0.05) is 16.5 Å². The Morgan fingerprint density at radius 2 is 2.15 bits per heavy atom. The molecule has 1 aromatic rings. The third-order valence-corrected chi connectivity index (χ3v) is 2.75. The Morgan fingerprint density at radius 1 is 1.46 bits per heavy atom. The lowest BCUT2D eigenvalue weighted by atomic mass is 10.1. The lowest BCUT2D eigenvalue weighted by molar-refractivity contribution is -0.101. The molecule has 0 saturated carbocycles. The van der Waals surface area contributed by atoms with Crippen LogP contribution in [-0.4, -0.2) is 11.2 Å². The van der Waals surface area contributed by atoms with Gasteiger partial charge in [0.25, 0.3) is 5.92 Å². The van der Waals surface area contributed by atoms with Crippen LogP contribution in [-0.2, 0) is 12.3 Å². The average Bonchev–Trinajstić information content (AvgIpc) is 2.23. The summed E-state index contributed by atoms with van der Waals surface area (Å²) in [5.41, 5.74) is 0.468. The van der Waals surface area contributed by atoms with Gasteiger partial charge in [-0.2, -0.15) is 8.78 Å². The SMILES string of the molecule is OC1Cc2cc(Br)ccc2C1(F)F. The van der Waals surface area contributed by atoms with Crippen LogP contribution in [0.1, 0.15) is 11.1 Å². The number of benzene rings is 1. The number of aliphatic hydroxyl groups excluding tert-OH is 1. The van der Waals surface area contributed by atoms with Crippen LogP contribution in [0.2, 0.25) is 0 Å². The number of aliphatic hydroxyl groups is 1. The second kappa shape index (κ2) is 2.75. The van der Waals surface area contributed by atoms with E-state index in [1.807, 2.05) is 0 Å². The molecule has 0 aliphatic heterocycles. The second-order valence-corrected chi connectivity index (χ2v) is 4.06. The van der Waals surface area contributed by atoms with Gasteiger partial charge in [0.15, 0.2) is 0 Å². The lowest BCUT2D eigenvalue weighted by Crippen LogP contribution is -2.25. The smallest absolute Gasteiger partial charge is 0.299 e. The molecule has 1 unspecified atom stereocenters. The number of hydrogen-bond donors (Lipinski definition) is 1. The van der Waals surface area contributed by atoms with E-state index in [1.54, 1.807) is 12.1 Å². The van der Waals surface area contributed by atoms with Crippen LogP contribution in [0, 0.1) is 0 Å². The number of fused-ring (bicyclic) bond motifs is 1. The molecule has 0 saturated heterocycles. The van der Waals surface area contributed by atoms with Crippen LogP contribution in [0.5, 0.6) is 0 Å². The molecular weight excluding hydrogens is 242 g/mol. The first-order valence-corrected chi connectivity index (χ1v) is 4.66. The maximum atomic E-state index is 13.2. The zero-order valence-electron chi connectivity index (χ0n) is 6.60. The molecule has 1 nitrogen and oxygen atoms in total. The van der Waals surface area contributed by atoms with Gasteiger partial charge in [0.1, 0.15) is 6.10 Å². The Balaban J connectivity index is 2.55. The molecule has 0 aromatic heterocycles. The van der Waals surface area contributed by atoms with Gasteiger partial charge < -0.3 is 5.11 Å². The molecule has 1 aliphatic carbocycles. The van der Waals surface area contributed by atoms with E-state index < -0.39 is 12.0 Å².